The minimum Gasteiger partial charge on any atom is -0.480 e. The standard InChI is InChI=1S/C89H127N23O25S3/c1-45(2)68-85(131)107-60-43-138-42-59(105-77(123)53(28-29-63(93)113)101-76(122)52(25-14-16-31-90)100-73(119)51(92)41-139-46(3)69(86(132)102-54(88(134)135)26-15-17-32-91)110-80(126)58(38-64(94)114)99-66(116)39-96-84(130)71(111-82(60)128)72(118)89(136)137)81(127)106-61-44-140-47(4)70(87(133)104-57(78(124)108-68)37-50-23-12-7-13-24-50)109-79(125)56(36-49-21-10-6-11-22-49)103-83(129)62-27-18-34-112(62)67(117)40-97-74(120)55(35-48-19-8-5-9-20-48)98-65(115)30-33-95-75(61)121/h5-13,19-24,45-47,51-62,68-72,118H,14-18,25-44,90-92H2,1-4H3,(H2,93,113)(H2,94,114)(H,95,121)(H,96,130)(H,97,120)(H,98,115)(H,99,116)(H,100,119)(H,101,122)(H,102,132)(H,103,129)(H,104,133)(H,105,123)(H,106,127)(H,107,131)(H,108,124)(H,109,125)(H,110,126)(H,111,128)(H,134,135)(H,136,137). The second kappa shape index (κ2) is 57.4. The smallest absolute Gasteiger partial charge is 0.335 e. The van der Waals surface area contributed by atoms with Gasteiger partial charge in [0.2, 0.25) is 118 Å². The topological polar surface area (TPSA) is 774 Å². The van der Waals surface area contributed by atoms with Crippen molar-refractivity contribution in [1.82, 2.24) is 95.3 Å². The number of aliphatic hydroxyl groups excluding tert-OH is 1. The van der Waals surface area contributed by atoms with Crippen LogP contribution in [-0.4, -0.2) is 326 Å². The highest BCUT2D eigenvalue weighted by molar-refractivity contribution is 8.00. The number of carbonyl (C=O) groups excluding carboxylic acids is 20. The summed E-state index contributed by atoms with van der Waals surface area (Å²) in [6.07, 6.45) is -6.10. The van der Waals surface area contributed by atoms with Crippen LogP contribution in [0.5, 0.6) is 0 Å². The molecule has 4 aliphatic rings. The highest BCUT2D eigenvalue weighted by Gasteiger charge is 2.44. The van der Waals surface area contributed by atoms with Crippen molar-refractivity contribution in [2.24, 2.45) is 34.6 Å². The number of amides is 20. The molecule has 0 saturated carbocycles. The minimum absolute atomic E-state index is 0.0261. The van der Waals surface area contributed by atoms with Gasteiger partial charge < -0.3 is 139 Å². The zero-order chi connectivity index (χ0) is 103. The van der Waals surface area contributed by atoms with E-state index in [0.29, 0.717) is 34.9 Å². The molecule has 0 spiro atoms. The van der Waals surface area contributed by atoms with Crippen molar-refractivity contribution in [2.75, 3.05) is 62.3 Å². The number of thioether (sulfide) groups is 3. The Morgan fingerprint density at radius 1 is 0.457 bits per heavy atom. The molecule has 4 heterocycles. The Balaban J connectivity index is 1.43. The van der Waals surface area contributed by atoms with E-state index in [9.17, 15) is 82.4 Å². The van der Waals surface area contributed by atoms with Gasteiger partial charge in [0, 0.05) is 78.7 Å². The number of carbonyl (C=O) groups is 22. The van der Waals surface area contributed by atoms with Crippen molar-refractivity contribution in [3.63, 3.8) is 0 Å². The van der Waals surface area contributed by atoms with Crippen LogP contribution >= 0.6 is 35.3 Å². The molecule has 19 atom stereocenters. The number of rotatable bonds is 25. The lowest BCUT2D eigenvalue weighted by atomic mass is 10.00. The summed E-state index contributed by atoms with van der Waals surface area (Å²) < 4.78 is 0. The number of aliphatic hydroxyl groups is 1. The maximum absolute atomic E-state index is 15.8. The van der Waals surface area contributed by atoms with E-state index in [4.69, 9.17) is 28.7 Å². The number of primary amides is 2. The Kier molecular flexibility index (Phi) is 46.7. The number of unbranched alkanes of at least 4 members (excludes halogenated alkanes) is 2. The molecule has 0 aromatic heterocycles. The van der Waals surface area contributed by atoms with E-state index < -0.39 is 318 Å². The molecule has 4 aliphatic heterocycles. The number of carboxylic acid groups (broad SMARTS) is 2. The molecule has 19 unspecified atom stereocenters. The summed E-state index contributed by atoms with van der Waals surface area (Å²) in [5.41, 5.74) is 30.7. The predicted octanol–water partition coefficient (Wildman–Crippen LogP) is -8.84. The van der Waals surface area contributed by atoms with Gasteiger partial charge in [-0.2, -0.15) is 35.3 Å². The first-order valence-electron chi connectivity index (χ1n) is 45.7. The van der Waals surface area contributed by atoms with Gasteiger partial charge in [0.05, 0.1) is 25.6 Å². The van der Waals surface area contributed by atoms with Crippen LogP contribution in [-0.2, 0) is 125 Å². The second-order valence-electron chi connectivity index (χ2n) is 34.3. The fourth-order valence-corrected chi connectivity index (χ4v) is 18.4. The molecule has 4 bridgehead atoms. The number of hydrogen-bond donors (Lipinski definition) is 25. The molecular formula is C89H127N23O25S3. The Labute approximate surface area is 819 Å². The SMILES string of the molecule is CC(C)C1NC(=O)C(Cc2ccccc2)NC(=O)C2NC(=O)C(Cc3ccccc3)NC(=O)C3CCCN3C(=O)CNC(=O)C(Cc3ccccc3)NC(=O)CCNC(=O)C(CSC2C)NC(=O)C2CSCC(NC1=O)C(=O)NC(C(O)C(=O)O)C(=O)NCC(=O)NC(CC(N)=O)C(=O)NC(C(=O)NC(CCCCN)C(=O)O)C(C)SCC(N)C(=O)NC(CCCCN)C(=O)NC(CCC(N)=O)C(=O)N2. The largest absolute Gasteiger partial charge is 0.480 e. The fraction of sp³-hybridized carbons (Fsp3) is 0.551. The first-order chi connectivity index (χ1) is 66.6. The van der Waals surface area contributed by atoms with Crippen LogP contribution in [0.3, 0.4) is 0 Å². The Morgan fingerprint density at radius 3 is 1.51 bits per heavy atom. The molecule has 3 aromatic carbocycles. The van der Waals surface area contributed by atoms with Gasteiger partial charge >= 0.3 is 11.9 Å². The molecule has 51 heteroatoms. The molecule has 766 valence electrons. The van der Waals surface area contributed by atoms with Gasteiger partial charge in [0.1, 0.15) is 90.6 Å². The maximum Gasteiger partial charge on any atom is 0.335 e. The molecule has 7 rings (SSSR count). The van der Waals surface area contributed by atoms with Crippen LogP contribution in [0, 0.1) is 5.92 Å². The minimum atomic E-state index is -2.98. The number of nitrogens with zero attached hydrogens (tertiary/aromatic N) is 1. The van der Waals surface area contributed by atoms with E-state index in [0.717, 1.165) is 23.5 Å². The lowest BCUT2D eigenvalue weighted by Crippen LogP contribution is -2.63. The zero-order valence-electron chi connectivity index (χ0n) is 77.8. The van der Waals surface area contributed by atoms with E-state index in [1.54, 1.807) is 91.0 Å². The first-order valence-corrected chi connectivity index (χ1v) is 49.0. The normalized spacial score (nSPS) is 26.6. The van der Waals surface area contributed by atoms with Crippen LogP contribution < -0.4 is 119 Å². The highest BCUT2D eigenvalue weighted by Crippen LogP contribution is 2.24. The van der Waals surface area contributed by atoms with Crippen LogP contribution in [0.15, 0.2) is 91.0 Å². The molecule has 20 amide bonds. The van der Waals surface area contributed by atoms with Gasteiger partial charge in [0.15, 0.2) is 6.10 Å². The molecule has 140 heavy (non-hydrogen) atoms. The highest BCUT2D eigenvalue weighted by atomic mass is 32.2. The number of aliphatic carboxylic acids is 2. The summed E-state index contributed by atoms with van der Waals surface area (Å²) >= 11 is 1.95. The van der Waals surface area contributed by atoms with Crippen molar-refractivity contribution >= 4 is 165 Å². The summed E-state index contributed by atoms with van der Waals surface area (Å²) in [6, 6.07) is -4.75. The van der Waals surface area contributed by atoms with Gasteiger partial charge in [-0.05, 0) is 93.5 Å². The average Bonchev–Trinajstić information content (AvgIpc) is 1.59. The van der Waals surface area contributed by atoms with Gasteiger partial charge in [-0.15, -0.1) is 0 Å². The van der Waals surface area contributed by atoms with Crippen molar-refractivity contribution < 1.29 is 121 Å². The summed E-state index contributed by atoms with van der Waals surface area (Å²) in [6.45, 7) is 3.23. The molecular weight excluding hydrogens is 1890 g/mol. The van der Waals surface area contributed by atoms with Crippen LogP contribution in [0.2, 0.25) is 0 Å². The average molecular weight is 2020 g/mol. The second-order valence-corrected chi connectivity index (χ2v) is 38.2. The number of benzene rings is 3. The monoisotopic (exact) mass is 2010 g/mol. The van der Waals surface area contributed by atoms with E-state index in [-0.39, 0.29) is 83.8 Å². The molecule has 4 fully saturated rings. The van der Waals surface area contributed by atoms with Gasteiger partial charge in [-0.25, -0.2) is 9.59 Å². The number of fused-ring (bicyclic) bond motifs is 9. The summed E-state index contributed by atoms with van der Waals surface area (Å²) in [5.74, 6) is -30.9. The summed E-state index contributed by atoms with van der Waals surface area (Å²) in [7, 11) is 0. The molecule has 4 saturated heterocycles. The van der Waals surface area contributed by atoms with Crippen molar-refractivity contribution in [3.05, 3.63) is 108 Å². The van der Waals surface area contributed by atoms with Crippen molar-refractivity contribution in [3.8, 4) is 0 Å². The molecule has 48 nitrogen and oxygen atoms in total. The molecule has 3 aromatic rings. The number of nitrogens with two attached hydrogens (primary N) is 5. The van der Waals surface area contributed by atoms with E-state index in [1.165, 1.54) is 32.6 Å². The Morgan fingerprint density at radius 2 is 0.943 bits per heavy atom. The quantitative estimate of drug-likeness (QED) is 0.0350. The first kappa shape index (κ1) is 114. The number of carboxylic acids is 2. The van der Waals surface area contributed by atoms with E-state index >= 15 is 38.4 Å². The van der Waals surface area contributed by atoms with Crippen LogP contribution in [0.25, 0.3) is 0 Å². The summed E-state index contributed by atoms with van der Waals surface area (Å²) in [5, 5.41) is 71.3. The molecule has 0 radical (unpaired) electrons. The lowest BCUT2D eigenvalue weighted by Gasteiger charge is -2.31. The van der Waals surface area contributed by atoms with Crippen molar-refractivity contribution in [1.29, 1.82) is 0 Å². The van der Waals surface area contributed by atoms with Crippen LogP contribution in [0.1, 0.15) is 121 Å². The van der Waals surface area contributed by atoms with E-state index in [1.807, 2.05) is 10.6 Å². The zero-order valence-corrected chi connectivity index (χ0v) is 80.2. The third-order valence-electron chi connectivity index (χ3n) is 23.0. The van der Waals surface area contributed by atoms with Gasteiger partial charge in [0.25, 0.3) is 0 Å². The third kappa shape index (κ3) is 36.9. The van der Waals surface area contributed by atoms with Gasteiger partial charge in [-0.1, -0.05) is 119 Å². The summed E-state index contributed by atoms with van der Waals surface area (Å²) in [4.78, 5) is 321. The lowest BCUT2D eigenvalue weighted by molar-refractivity contribution is -0.152. The van der Waals surface area contributed by atoms with Crippen molar-refractivity contribution in [2.45, 2.75) is 237 Å². The number of nitrogens with one attached hydrogen (secondary N) is 17. The predicted molar refractivity (Wildman–Crippen MR) is 509 cm³/mol. The molecule has 0 aliphatic carbocycles. The van der Waals surface area contributed by atoms with Gasteiger partial charge in [-0.3, -0.25) is 95.9 Å². The maximum atomic E-state index is 15.8. The molecule has 30 N–H and O–H groups in total. The Hall–Kier alpha value is -13.1. The van der Waals surface area contributed by atoms with E-state index in [2.05, 4.69) is 79.8 Å². The Bertz CT molecular complexity index is 4890. The fourth-order valence-electron chi connectivity index (χ4n) is 15.1. The number of hydrogen-bond acceptors (Lipinski definition) is 29. The van der Waals surface area contributed by atoms with Crippen LogP contribution in [0.4, 0.5) is 0 Å². The third-order valence-corrected chi connectivity index (χ3v) is 26.8.